The SMILES string of the molecule is CC[C@@H](C)N1C(=O)c2ccc(C(=O)Nc3ccc4[nH]ccc4c3)cc2C1=O. The fourth-order valence-corrected chi connectivity index (χ4v) is 3.32. The standard InChI is InChI=1S/C21H19N3O3/c1-3-12(2)24-20(26)16-6-4-14(11-17(16)21(24)27)19(25)23-15-5-7-18-13(10-15)8-9-22-18/h4-12,22H,3H2,1-2H3,(H,23,25)/t12-/m1/s1. The van der Waals surface area contributed by atoms with Gasteiger partial charge in [0.1, 0.15) is 0 Å². The molecule has 0 saturated heterocycles. The van der Waals surface area contributed by atoms with Crippen molar-refractivity contribution in [3.8, 4) is 0 Å². The minimum Gasteiger partial charge on any atom is -0.361 e. The number of hydrogen-bond donors (Lipinski definition) is 2. The van der Waals surface area contributed by atoms with E-state index in [1.54, 1.807) is 12.1 Å². The maximum absolute atomic E-state index is 12.6. The number of carbonyl (C=O) groups excluding carboxylic acids is 3. The summed E-state index contributed by atoms with van der Waals surface area (Å²) in [7, 11) is 0. The molecular weight excluding hydrogens is 342 g/mol. The van der Waals surface area contributed by atoms with E-state index in [2.05, 4.69) is 10.3 Å². The molecule has 1 atom stereocenters. The van der Waals surface area contributed by atoms with Crippen LogP contribution in [0.3, 0.4) is 0 Å². The molecule has 0 radical (unpaired) electrons. The number of carbonyl (C=O) groups is 3. The van der Waals surface area contributed by atoms with Crippen molar-refractivity contribution < 1.29 is 14.4 Å². The van der Waals surface area contributed by atoms with E-state index >= 15 is 0 Å². The van der Waals surface area contributed by atoms with E-state index in [1.165, 1.54) is 11.0 Å². The number of fused-ring (bicyclic) bond motifs is 2. The summed E-state index contributed by atoms with van der Waals surface area (Å²) in [5, 5.41) is 3.83. The molecule has 4 rings (SSSR count). The molecule has 0 fully saturated rings. The molecule has 6 heteroatoms. The van der Waals surface area contributed by atoms with Crippen molar-refractivity contribution in [2.45, 2.75) is 26.3 Å². The number of nitrogens with zero attached hydrogens (tertiary/aromatic N) is 1. The molecule has 2 aromatic carbocycles. The molecule has 3 amide bonds. The minimum atomic E-state index is -0.340. The van der Waals surface area contributed by atoms with Crippen LogP contribution in [0, 0.1) is 0 Å². The molecule has 0 saturated carbocycles. The van der Waals surface area contributed by atoms with Crippen LogP contribution in [0.1, 0.15) is 51.3 Å². The third-order valence-electron chi connectivity index (χ3n) is 5.02. The molecule has 3 aromatic rings. The van der Waals surface area contributed by atoms with Crippen molar-refractivity contribution in [3.05, 3.63) is 65.4 Å². The van der Waals surface area contributed by atoms with Gasteiger partial charge in [0.2, 0.25) is 0 Å². The first kappa shape index (κ1) is 17.0. The Balaban J connectivity index is 1.61. The van der Waals surface area contributed by atoms with E-state index in [0.717, 1.165) is 10.9 Å². The number of aromatic nitrogens is 1. The summed E-state index contributed by atoms with van der Waals surface area (Å²) in [6.07, 6.45) is 2.52. The number of benzene rings is 2. The second kappa shape index (κ2) is 6.39. The number of anilines is 1. The van der Waals surface area contributed by atoms with Crippen LogP contribution < -0.4 is 5.32 Å². The number of H-pyrrole nitrogens is 1. The van der Waals surface area contributed by atoms with Crippen LogP contribution in [-0.2, 0) is 0 Å². The van der Waals surface area contributed by atoms with E-state index in [0.29, 0.717) is 23.2 Å². The molecular formula is C21H19N3O3. The summed E-state index contributed by atoms with van der Waals surface area (Å²) in [5.74, 6) is -0.961. The fraction of sp³-hybridized carbons (Fsp3) is 0.190. The smallest absolute Gasteiger partial charge is 0.261 e. The summed E-state index contributed by atoms with van der Waals surface area (Å²) < 4.78 is 0. The zero-order valence-corrected chi connectivity index (χ0v) is 15.1. The first-order valence-corrected chi connectivity index (χ1v) is 8.90. The normalized spacial score (nSPS) is 14.5. The van der Waals surface area contributed by atoms with Crippen molar-refractivity contribution in [2.75, 3.05) is 5.32 Å². The highest BCUT2D eigenvalue weighted by atomic mass is 16.2. The third-order valence-corrected chi connectivity index (χ3v) is 5.02. The Morgan fingerprint density at radius 1 is 1.07 bits per heavy atom. The van der Waals surface area contributed by atoms with Crippen LogP contribution in [0.4, 0.5) is 5.69 Å². The molecule has 1 aliphatic heterocycles. The molecule has 1 aromatic heterocycles. The largest absolute Gasteiger partial charge is 0.361 e. The van der Waals surface area contributed by atoms with Crippen molar-refractivity contribution in [2.24, 2.45) is 0 Å². The lowest BCUT2D eigenvalue weighted by atomic mass is 10.1. The molecule has 0 unspecified atom stereocenters. The molecule has 0 aliphatic carbocycles. The maximum atomic E-state index is 12.6. The summed E-state index contributed by atoms with van der Waals surface area (Å²) in [6.45, 7) is 3.76. The van der Waals surface area contributed by atoms with Gasteiger partial charge in [-0.05, 0) is 55.8 Å². The lowest BCUT2D eigenvalue weighted by molar-refractivity contribution is 0.0593. The van der Waals surface area contributed by atoms with Gasteiger partial charge < -0.3 is 10.3 Å². The second-order valence-electron chi connectivity index (χ2n) is 6.73. The topological polar surface area (TPSA) is 82.3 Å². The van der Waals surface area contributed by atoms with Gasteiger partial charge in [0.15, 0.2) is 0 Å². The summed E-state index contributed by atoms with van der Waals surface area (Å²) in [5.41, 5.74) is 2.63. The van der Waals surface area contributed by atoms with Gasteiger partial charge in [-0.25, -0.2) is 0 Å². The van der Waals surface area contributed by atoms with Crippen molar-refractivity contribution in [3.63, 3.8) is 0 Å². The molecule has 0 bridgehead atoms. The van der Waals surface area contributed by atoms with E-state index in [-0.39, 0.29) is 29.3 Å². The van der Waals surface area contributed by atoms with Crippen molar-refractivity contribution in [1.29, 1.82) is 0 Å². The second-order valence-corrected chi connectivity index (χ2v) is 6.73. The van der Waals surface area contributed by atoms with Gasteiger partial charge in [0, 0.05) is 34.4 Å². The van der Waals surface area contributed by atoms with E-state index in [1.807, 2.05) is 44.3 Å². The van der Waals surface area contributed by atoms with Gasteiger partial charge in [0.25, 0.3) is 17.7 Å². The van der Waals surface area contributed by atoms with Gasteiger partial charge in [-0.1, -0.05) is 6.92 Å². The predicted octanol–water partition coefficient (Wildman–Crippen LogP) is 3.81. The molecule has 2 N–H and O–H groups in total. The number of rotatable bonds is 4. The number of imide groups is 1. The third kappa shape index (κ3) is 2.79. The van der Waals surface area contributed by atoms with Gasteiger partial charge in [-0.2, -0.15) is 0 Å². The van der Waals surface area contributed by atoms with Crippen LogP contribution in [-0.4, -0.2) is 33.6 Å². The van der Waals surface area contributed by atoms with Crippen LogP contribution in [0.2, 0.25) is 0 Å². The van der Waals surface area contributed by atoms with Crippen LogP contribution >= 0.6 is 0 Å². The quantitative estimate of drug-likeness (QED) is 0.693. The number of aromatic amines is 1. The molecule has 6 nitrogen and oxygen atoms in total. The van der Waals surface area contributed by atoms with Crippen LogP contribution in [0.5, 0.6) is 0 Å². The zero-order chi connectivity index (χ0) is 19.1. The average Bonchev–Trinajstić information content (AvgIpc) is 3.23. The van der Waals surface area contributed by atoms with Gasteiger partial charge in [-0.15, -0.1) is 0 Å². The summed E-state index contributed by atoms with van der Waals surface area (Å²) >= 11 is 0. The highest BCUT2D eigenvalue weighted by Crippen LogP contribution is 2.27. The van der Waals surface area contributed by atoms with Gasteiger partial charge in [0.05, 0.1) is 11.1 Å². The molecule has 136 valence electrons. The first-order chi connectivity index (χ1) is 13.0. The summed E-state index contributed by atoms with van der Waals surface area (Å²) in [6, 6.07) is 12.0. The number of hydrogen-bond acceptors (Lipinski definition) is 3. The van der Waals surface area contributed by atoms with Crippen molar-refractivity contribution in [1.82, 2.24) is 9.88 Å². The van der Waals surface area contributed by atoms with Gasteiger partial charge in [-0.3, -0.25) is 19.3 Å². The Hall–Kier alpha value is -3.41. The van der Waals surface area contributed by atoms with Crippen LogP contribution in [0.25, 0.3) is 10.9 Å². The average molecular weight is 361 g/mol. The van der Waals surface area contributed by atoms with Gasteiger partial charge >= 0.3 is 0 Å². The van der Waals surface area contributed by atoms with E-state index < -0.39 is 0 Å². The molecule has 1 aliphatic rings. The Bertz CT molecular complexity index is 1080. The van der Waals surface area contributed by atoms with Crippen molar-refractivity contribution >= 4 is 34.3 Å². The maximum Gasteiger partial charge on any atom is 0.261 e. The molecule has 2 heterocycles. The lowest BCUT2D eigenvalue weighted by Crippen LogP contribution is -2.37. The Morgan fingerprint density at radius 2 is 1.85 bits per heavy atom. The lowest BCUT2D eigenvalue weighted by Gasteiger charge is -2.20. The first-order valence-electron chi connectivity index (χ1n) is 8.90. The summed E-state index contributed by atoms with van der Waals surface area (Å²) in [4.78, 5) is 42.1. The molecule has 0 spiro atoms. The number of amides is 3. The number of nitrogens with one attached hydrogen (secondary N) is 2. The predicted molar refractivity (Wildman–Crippen MR) is 103 cm³/mol. The zero-order valence-electron chi connectivity index (χ0n) is 15.1. The van der Waals surface area contributed by atoms with E-state index in [4.69, 9.17) is 0 Å². The highest BCUT2D eigenvalue weighted by Gasteiger charge is 2.38. The van der Waals surface area contributed by atoms with E-state index in [9.17, 15) is 14.4 Å². The fourth-order valence-electron chi connectivity index (χ4n) is 3.32. The minimum absolute atomic E-state index is 0.178. The van der Waals surface area contributed by atoms with Crippen LogP contribution in [0.15, 0.2) is 48.7 Å². The molecule has 27 heavy (non-hydrogen) atoms. The Morgan fingerprint density at radius 3 is 2.63 bits per heavy atom. The highest BCUT2D eigenvalue weighted by molar-refractivity contribution is 6.22. The monoisotopic (exact) mass is 361 g/mol. The Kier molecular flexibility index (Phi) is 4.03. The Labute approximate surface area is 156 Å².